The van der Waals surface area contributed by atoms with Crippen molar-refractivity contribution >= 4 is 39.1 Å². The Morgan fingerprint density at radius 1 is 1.04 bits per heavy atom. The van der Waals surface area contributed by atoms with Crippen LogP contribution in [-0.2, 0) is 0 Å². The number of carbonyl (C=O) groups excluding carboxylic acids is 1. The number of rotatable bonds is 5. The van der Waals surface area contributed by atoms with Crippen LogP contribution in [-0.4, -0.2) is 21.5 Å². The normalized spacial score (nSPS) is 11.0. The molecule has 0 bridgehead atoms. The van der Waals surface area contributed by atoms with E-state index in [0.717, 1.165) is 25.7 Å². The standard InChI is InChI=1S/C20H13FN2OS2/c21-15-8-6-13(7-9-15)17(24)11-25-19-16-10-18(14-4-2-1-3-5-14)26-20(16)23-12-22-19/h1-10,12H,11H2. The van der Waals surface area contributed by atoms with Gasteiger partial charge in [0.1, 0.15) is 22.0 Å². The average molecular weight is 380 g/mol. The Kier molecular flexibility index (Phi) is 4.77. The van der Waals surface area contributed by atoms with E-state index in [2.05, 4.69) is 28.2 Å². The van der Waals surface area contributed by atoms with Crippen LogP contribution in [0, 0.1) is 5.82 Å². The molecule has 0 radical (unpaired) electrons. The fraction of sp³-hybridized carbons (Fsp3) is 0.0500. The molecule has 0 aliphatic rings. The highest BCUT2D eigenvalue weighted by molar-refractivity contribution is 8.00. The zero-order valence-corrected chi connectivity index (χ0v) is 15.2. The number of carbonyl (C=O) groups is 1. The largest absolute Gasteiger partial charge is 0.293 e. The lowest BCUT2D eigenvalue weighted by Gasteiger charge is -2.02. The Hall–Kier alpha value is -2.57. The van der Waals surface area contributed by atoms with Crippen molar-refractivity contribution < 1.29 is 9.18 Å². The van der Waals surface area contributed by atoms with Gasteiger partial charge in [0.15, 0.2) is 5.78 Å². The van der Waals surface area contributed by atoms with E-state index in [0.29, 0.717) is 5.56 Å². The summed E-state index contributed by atoms with van der Waals surface area (Å²) < 4.78 is 13.0. The maximum atomic E-state index is 13.0. The first-order valence-corrected chi connectivity index (χ1v) is 9.72. The molecule has 0 aliphatic carbocycles. The summed E-state index contributed by atoms with van der Waals surface area (Å²) in [4.78, 5) is 23.0. The molecule has 6 heteroatoms. The third kappa shape index (κ3) is 3.52. The lowest BCUT2D eigenvalue weighted by Crippen LogP contribution is -2.02. The molecular weight excluding hydrogens is 367 g/mol. The minimum Gasteiger partial charge on any atom is -0.293 e. The molecule has 0 fully saturated rings. The summed E-state index contributed by atoms with van der Waals surface area (Å²) in [7, 11) is 0. The van der Waals surface area contributed by atoms with Gasteiger partial charge in [-0.2, -0.15) is 0 Å². The van der Waals surface area contributed by atoms with Gasteiger partial charge in [0.25, 0.3) is 0 Å². The molecule has 0 aliphatic heterocycles. The van der Waals surface area contributed by atoms with Crippen molar-refractivity contribution in [2.45, 2.75) is 5.03 Å². The molecule has 4 rings (SSSR count). The quantitative estimate of drug-likeness (QED) is 0.261. The van der Waals surface area contributed by atoms with Gasteiger partial charge in [0.2, 0.25) is 0 Å². The molecule has 3 nitrogen and oxygen atoms in total. The van der Waals surface area contributed by atoms with E-state index >= 15 is 0 Å². The minimum absolute atomic E-state index is 0.0553. The summed E-state index contributed by atoms with van der Waals surface area (Å²) >= 11 is 2.98. The van der Waals surface area contributed by atoms with Crippen molar-refractivity contribution in [3.8, 4) is 10.4 Å². The topological polar surface area (TPSA) is 42.9 Å². The van der Waals surface area contributed by atoms with Crippen LogP contribution in [0.5, 0.6) is 0 Å². The van der Waals surface area contributed by atoms with E-state index in [1.807, 2.05) is 18.2 Å². The van der Waals surface area contributed by atoms with E-state index < -0.39 is 0 Å². The van der Waals surface area contributed by atoms with Gasteiger partial charge in [-0.05, 0) is 35.9 Å². The monoisotopic (exact) mass is 380 g/mol. The summed E-state index contributed by atoms with van der Waals surface area (Å²) in [6.07, 6.45) is 1.53. The zero-order chi connectivity index (χ0) is 17.9. The van der Waals surface area contributed by atoms with Crippen LogP contribution in [0.4, 0.5) is 4.39 Å². The van der Waals surface area contributed by atoms with Crippen LogP contribution >= 0.6 is 23.1 Å². The Bertz CT molecular complexity index is 1060. The first-order valence-electron chi connectivity index (χ1n) is 7.92. The average Bonchev–Trinajstić information content (AvgIpc) is 3.12. The van der Waals surface area contributed by atoms with Gasteiger partial charge in [-0.3, -0.25) is 4.79 Å². The van der Waals surface area contributed by atoms with Gasteiger partial charge >= 0.3 is 0 Å². The number of hydrogen-bond acceptors (Lipinski definition) is 5. The first-order chi connectivity index (χ1) is 12.7. The van der Waals surface area contributed by atoms with Crippen molar-refractivity contribution in [2.24, 2.45) is 0 Å². The number of hydrogen-bond donors (Lipinski definition) is 0. The maximum absolute atomic E-state index is 13.0. The highest BCUT2D eigenvalue weighted by atomic mass is 32.2. The molecular formula is C20H13FN2OS2. The molecule has 0 saturated heterocycles. The molecule has 0 unspecified atom stereocenters. The fourth-order valence-electron chi connectivity index (χ4n) is 2.55. The van der Waals surface area contributed by atoms with Crippen LogP contribution in [0.25, 0.3) is 20.7 Å². The number of ketones is 1. The molecule has 128 valence electrons. The van der Waals surface area contributed by atoms with Crippen LogP contribution in [0.15, 0.2) is 72.0 Å². The van der Waals surface area contributed by atoms with E-state index in [1.54, 1.807) is 11.3 Å². The summed E-state index contributed by atoms with van der Waals surface area (Å²) in [5.74, 6) is -0.160. The molecule has 0 spiro atoms. The maximum Gasteiger partial charge on any atom is 0.173 e. The number of fused-ring (bicyclic) bond motifs is 1. The van der Waals surface area contributed by atoms with Crippen molar-refractivity contribution in [3.63, 3.8) is 0 Å². The number of nitrogens with zero attached hydrogens (tertiary/aromatic N) is 2. The number of Topliss-reactive ketones (excluding diaryl/α,β-unsaturated/α-hetero) is 1. The highest BCUT2D eigenvalue weighted by Gasteiger charge is 2.13. The van der Waals surface area contributed by atoms with Crippen molar-refractivity contribution in [1.29, 1.82) is 0 Å². The molecule has 4 aromatic rings. The number of halogens is 1. The predicted molar refractivity (Wildman–Crippen MR) is 104 cm³/mol. The lowest BCUT2D eigenvalue weighted by molar-refractivity contribution is 0.102. The van der Waals surface area contributed by atoms with Gasteiger partial charge < -0.3 is 0 Å². The van der Waals surface area contributed by atoms with Crippen molar-refractivity contribution in [1.82, 2.24) is 9.97 Å². The summed E-state index contributed by atoms with van der Waals surface area (Å²) in [5.41, 5.74) is 1.63. The second-order valence-corrected chi connectivity index (χ2v) is 7.59. The minimum atomic E-state index is -0.349. The van der Waals surface area contributed by atoms with Gasteiger partial charge in [-0.15, -0.1) is 11.3 Å². The van der Waals surface area contributed by atoms with Crippen LogP contribution in [0.1, 0.15) is 10.4 Å². The van der Waals surface area contributed by atoms with Crippen LogP contribution in [0.2, 0.25) is 0 Å². The van der Waals surface area contributed by atoms with Gasteiger partial charge in [-0.25, -0.2) is 14.4 Å². The van der Waals surface area contributed by atoms with E-state index in [4.69, 9.17) is 0 Å². The fourth-order valence-corrected chi connectivity index (χ4v) is 4.48. The molecule has 0 saturated carbocycles. The first kappa shape index (κ1) is 16.9. The molecule has 2 heterocycles. The number of aromatic nitrogens is 2. The smallest absolute Gasteiger partial charge is 0.173 e. The molecule has 26 heavy (non-hydrogen) atoms. The molecule has 0 atom stereocenters. The van der Waals surface area contributed by atoms with Gasteiger partial charge in [-0.1, -0.05) is 42.1 Å². The summed E-state index contributed by atoms with van der Waals surface area (Å²) in [6, 6.07) is 17.8. The zero-order valence-electron chi connectivity index (χ0n) is 13.6. The predicted octanol–water partition coefficient (Wildman–Crippen LogP) is 5.47. The van der Waals surface area contributed by atoms with Crippen molar-refractivity contribution in [2.75, 3.05) is 5.75 Å². The third-order valence-electron chi connectivity index (χ3n) is 3.86. The third-order valence-corrected chi connectivity index (χ3v) is 5.95. The molecule has 2 aromatic heterocycles. The van der Waals surface area contributed by atoms with Gasteiger partial charge in [0.05, 0.1) is 5.75 Å². The van der Waals surface area contributed by atoms with E-state index in [-0.39, 0.29) is 17.4 Å². The molecule has 2 aromatic carbocycles. The van der Waals surface area contributed by atoms with E-state index in [1.165, 1.54) is 42.4 Å². The highest BCUT2D eigenvalue weighted by Crippen LogP contribution is 2.36. The molecule has 0 amide bonds. The van der Waals surface area contributed by atoms with Crippen LogP contribution < -0.4 is 0 Å². The number of thioether (sulfide) groups is 1. The second-order valence-electron chi connectivity index (χ2n) is 5.59. The van der Waals surface area contributed by atoms with Crippen molar-refractivity contribution in [3.05, 3.63) is 78.4 Å². The second kappa shape index (κ2) is 7.35. The van der Waals surface area contributed by atoms with E-state index in [9.17, 15) is 9.18 Å². The Morgan fingerprint density at radius 3 is 2.58 bits per heavy atom. The summed E-state index contributed by atoms with van der Waals surface area (Å²) in [5, 5.41) is 1.73. The number of thiophene rings is 1. The Morgan fingerprint density at radius 2 is 1.81 bits per heavy atom. The molecule has 0 N–H and O–H groups in total. The van der Waals surface area contributed by atoms with Gasteiger partial charge in [0, 0.05) is 15.8 Å². The SMILES string of the molecule is O=C(CSc1ncnc2sc(-c3ccccc3)cc12)c1ccc(F)cc1. The summed E-state index contributed by atoms with van der Waals surface area (Å²) in [6.45, 7) is 0. The Balaban J connectivity index is 1.57. The lowest BCUT2D eigenvalue weighted by atomic mass is 10.1. The van der Waals surface area contributed by atoms with Crippen LogP contribution in [0.3, 0.4) is 0 Å². The Labute approximate surface area is 157 Å². The number of benzene rings is 2.